The summed E-state index contributed by atoms with van der Waals surface area (Å²) in [5.41, 5.74) is 0.975. The quantitative estimate of drug-likeness (QED) is 0.808. The first-order chi connectivity index (χ1) is 8.60. The van der Waals surface area contributed by atoms with E-state index in [1.54, 1.807) is 0 Å². The van der Waals surface area contributed by atoms with Gasteiger partial charge in [-0.15, -0.1) is 0 Å². The van der Waals surface area contributed by atoms with Crippen molar-refractivity contribution >= 4 is 17.6 Å². The number of carboxylic acids is 1. The maximum absolute atomic E-state index is 11.6. The molecule has 18 heavy (non-hydrogen) atoms. The maximum Gasteiger partial charge on any atom is 0.356 e. The zero-order valence-electron chi connectivity index (χ0n) is 9.88. The lowest BCUT2D eigenvalue weighted by Gasteiger charge is -2.08. The Morgan fingerprint density at radius 3 is 2.78 bits per heavy atom. The van der Waals surface area contributed by atoms with Gasteiger partial charge in [0.25, 0.3) is 0 Å². The second-order valence-corrected chi connectivity index (χ2v) is 3.57. The number of hydrogen-bond acceptors (Lipinski definition) is 5. The summed E-state index contributed by atoms with van der Waals surface area (Å²) >= 11 is 0. The number of ether oxygens (including phenoxy) is 1. The van der Waals surface area contributed by atoms with Gasteiger partial charge in [-0.25, -0.2) is 19.1 Å². The molecular weight excluding hydrogens is 238 g/mol. The van der Waals surface area contributed by atoms with E-state index in [9.17, 15) is 9.59 Å². The third kappa shape index (κ3) is 1.69. The molecule has 2 aromatic rings. The number of hydrogen-bond donors (Lipinski definition) is 1. The molecule has 0 amide bonds. The van der Waals surface area contributed by atoms with Gasteiger partial charge in [-0.3, -0.25) is 0 Å². The first kappa shape index (κ1) is 12.0. The van der Waals surface area contributed by atoms with Crippen LogP contribution >= 0.6 is 0 Å². The standard InChI is InChI=1S/C11H11N3O4/c1-3-6-7(10(15)16)4-8(11(17)18-2)14-9(6)12-5-13-14/h4-5H,3H2,1-2H3,(H,15,16). The number of aryl methyl sites for hydroxylation is 1. The first-order valence-corrected chi connectivity index (χ1v) is 5.27. The Balaban J connectivity index is 2.84. The minimum Gasteiger partial charge on any atom is -0.478 e. The maximum atomic E-state index is 11.6. The molecule has 7 nitrogen and oxygen atoms in total. The Hall–Kier alpha value is -2.44. The summed E-state index contributed by atoms with van der Waals surface area (Å²) in [5, 5.41) is 13.1. The van der Waals surface area contributed by atoms with Crippen LogP contribution < -0.4 is 0 Å². The molecule has 0 aromatic carbocycles. The highest BCUT2D eigenvalue weighted by atomic mass is 16.5. The molecule has 1 N–H and O–H groups in total. The second kappa shape index (κ2) is 4.44. The van der Waals surface area contributed by atoms with Crippen LogP contribution in [0.4, 0.5) is 0 Å². The van der Waals surface area contributed by atoms with Gasteiger partial charge >= 0.3 is 11.9 Å². The molecule has 0 bridgehead atoms. The van der Waals surface area contributed by atoms with Gasteiger partial charge in [-0.2, -0.15) is 5.10 Å². The number of methoxy groups -OCH3 is 1. The highest BCUT2D eigenvalue weighted by Crippen LogP contribution is 2.18. The lowest BCUT2D eigenvalue weighted by molar-refractivity contribution is 0.0590. The number of nitrogens with zero attached hydrogens (tertiary/aromatic N) is 3. The van der Waals surface area contributed by atoms with Crippen molar-refractivity contribution in [2.45, 2.75) is 13.3 Å². The van der Waals surface area contributed by atoms with E-state index in [1.165, 1.54) is 24.0 Å². The molecule has 7 heteroatoms. The highest BCUT2D eigenvalue weighted by molar-refractivity contribution is 5.96. The predicted octanol–water partition coefficient (Wildman–Crippen LogP) is 0.776. The van der Waals surface area contributed by atoms with Gasteiger partial charge in [0.05, 0.1) is 12.7 Å². The molecule has 0 saturated heterocycles. The third-order valence-corrected chi connectivity index (χ3v) is 2.63. The third-order valence-electron chi connectivity index (χ3n) is 2.63. The van der Waals surface area contributed by atoms with Crippen molar-refractivity contribution in [1.29, 1.82) is 0 Å². The van der Waals surface area contributed by atoms with Crippen LogP contribution in [-0.4, -0.2) is 38.8 Å². The Morgan fingerprint density at radius 2 is 2.22 bits per heavy atom. The molecule has 0 aliphatic rings. The second-order valence-electron chi connectivity index (χ2n) is 3.57. The summed E-state index contributed by atoms with van der Waals surface area (Å²) in [6.45, 7) is 1.81. The zero-order chi connectivity index (χ0) is 13.3. The molecule has 94 valence electrons. The molecule has 0 radical (unpaired) electrons. The minimum absolute atomic E-state index is 0.0402. The number of aromatic nitrogens is 3. The summed E-state index contributed by atoms with van der Waals surface area (Å²) in [5.74, 6) is -1.77. The van der Waals surface area contributed by atoms with E-state index in [0.29, 0.717) is 17.6 Å². The van der Waals surface area contributed by atoms with Crippen LogP contribution in [0.2, 0.25) is 0 Å². The molecule has 2 aromatic heterocycles. The van der Waals surface area contributed by atoms with Crippen LogP contribution in [0.25, 0.3) is 5.65 Å². The van der Waals surface area contributed by atoms with Gasteiger partial charge in [-0.05, 0) is 12.5 Å². The average Bonchev–Trinajstić information content (AvgIpc) is 2.84. The van der Waals surface area contributed by atoms with E-state index in [4.69, 9.17) is 5.11 Å². The number of carboxylic acid groups (broad SMARTS) is 1. The van der Waals surface area contributed by atoms with E-state index in [-0.39, 0.29) is 11.3 Å². The van der Waals surface area contributed by atoms with Crippen molar-refractivity contribution in [3.63, 3.8) is 0 Å². The monoisotopic (exact) mass is 249 g/mol. The summed E-state index contributed by atoms with van der Waals surface area (Å²) in [6, 6.07) is 1.26. The smallest absolute Gasteiger partial charge is 0.356 e. The highest BCUT2D eigenvalue weighted by Gasteiger charge is 2.21. The van der Waals surface area contributed by atoms with Crippen molar-refractivity contribution in [2.75, 3.05) is 7.11 Å². The number of carbonyl (C=O) groups is 2. The van der Waals surface area contributed by atoms with Gasteiger partial charge in [-0.1, -0.05) is 6.92 Å². The van der Waals surface area contributed by atoms with Crippen molar-refractivity contribution in [3.8, 4) is 0 Å². The van der Waals surface area contributed by atoms with Crippen LogP contribution in [0.5, 0.6) is 0 Å². The lowest BCUT2D eigenvalue weighted by atomic mass is 10.1. The molecule has 0 unspecified atom stereocenters. The van der Waals surface area contributed by atoms with E-state index < -0.39 is 11.9 Å². The summed E-state index contributed by atoms with van der Waals surface area (Å²) < 4.78 is 5.89. The van der Waals surface area contributed by atoms with Gasteiger partial charge in [0, 0.05) is 5.56 Å². The van der Waals surface area contributed by atoms with E-state index in [2.05, 4.69) is 14.8 Å². The normalized spacial score (nSPS) is 10.6. The molecule has 0 saturated carbocycles. The summed E-state index contributed by atoms with van der Waals surface area (Å²) in [6.07, 6.45) is 1.75. The molecule has 0 fully saturated rings. The zero-order valence-corrected chi connectivity index (χ0v) is 9.88. The molecule has 0 spiro atoms. The van der Waals surface area contributed by atoms with Crippen molar-refractivity contribution < 1.29 is 19.4 Å². The van der Waals surface area contributed by atoms with Crippen LogP contribution in [0.3, 0.4) is 0 Å². The summed E-state index contributed by atoms with van der Waals surface area (Å²) in [7, 11) is 1.22. The Morgan fingerprint density at radius 1 is 1.50 bits per heavy atom. The van der Waals surface area contributed by atoms with Crippen LogP contribution in [0, 0.1) is 0 Å². The van der Waals surface area contributed by atoms with Crippen LogP contribution in [0.15, 0.2) is 12.4 Å². The van der Waals surface area contributed by atoms with E-state index in [0.717, 1.165) is 0 Å². The fourth-order valence-corrected chi connectivity index (χ4v) is 1.82. The number of carbonyl (C=O) groups excluding carboxylic acids is 1. The first-order valence-electron chi connectivity index (χ1n) is 5.27. The van der Waals surface area contributed by atoms with Crippen molar-refractivity contribution in [3.05, 3.63) is 29.2 Å². The summed E-state index contributed by atoms with van der Waals surface area (Å²) in [4.78, 5) is 26.8. The largest absolute Gasteiger partial charge is 0.478 e. The average molecular weight is 249 g/mol. The fraction of sp³-hybridized carbons (Fsp3) is 0.273. The van der Waals surface area contributed by atoms with Gasteiger partial charge in [0.15, 0.2) is 11.3 Å². The Labute approximate surface area is 102 Å². The topological polar surface area (TPSA) is 93.8 Å². The number of rotatable bonds is 3. The van der Waals surface area contributed by atoms with E-state index >= 15 is 0 Å². The van der Waals surface area contributed by atoms with Crippen LogP contribution in [0.1, 0.15) is 33.3 Å². The van der Waals surface area contributed by atoms with Crippen LogP contribution in [-0.2, 0) is 11.2 Å². The number of esters is 1. The van der Waals surface area contributed by atoms with Gasteiger partial charge in [0.1, 0.15) is 6.33 Å². The van der Waals surface area contributed by atoms with Crippen molar-refractivity contribution in [2.24, 2.45) is 0 Å². The number of aromatic carboxylic acids is 1. The minimum atomic E-state index is -1.11. The molecule has 2 rings (SSSR count). The fourth-order valence-electron chi connectivity index (χ4n) is 1.82. The van der Waals surface area contributed by atoms with Gasteiger partial charge < -0.3 is 9.84 Å². The molecule has 0 aliphatic heterocycles. The number of fused-ring (bicyclic) bond motifs is 1. The van der Waals surface area contributed by atoms with Gasteiger partial charge in [0.2, 0.25) is 0 Å². The Bertz CT molecular complexity index is 632. The SMILES string of the molecule is CCc1c(C(=O)O)cc(C(=O)OC)n2ncnc12. The van der Waals surface area contributed by atoms with E-state index in [1.807, 2.05) is 6.92 Å². The number of pyridine rings is 1. The molecular formula is C11H11N3O4. The molecule has 2 heterocycles. The predicted molar refractivity (Wildman–Crippen MR) is 60.7 cm³/mol. The lowest BCUT2D eigenvalue weighted by Crippen LogP contribution is -2.14. The Kier molecular flexibility index (Phi) is 2.97. The molecule has 0 aliphatic carbocycles. The van der Waals surface area contributed by atoms with Crippen molar-refractivity contribution in [1.82, 2.24) is 14.6 Å². The molecule has 0 atom stereocenters.